The van der Waals surface area contributed by atoms with Gasteiger partial charge in [-0.1, -0.05) is 30.7 Å². The van der Waals surface area contributed by atoms with E-state index in [-0.39, 0.29) is 5.91 Å². The van der Waals surface area contributed by atoms with Crippen LogP contribution in [0.4, 0.5) is 0 Å². The van der Waals surface area contributed by atoms with Crippen molar-refractivity contribution in [3.05, 3.63) is 81.3 Å². The first-order valence-electron chi connectivity index (χ1n) is 10.9. The third kappa shape index (κ3) is 6.42. The zero-order valence-electron chi connectivity index (χ0n) is 18.0. The number of aromatic nitrogens is 1. The van der Waals surface area contributed by atoms with Gasteiger partial charge in [0.15, 0.2) is 0 Å². The van der Waals surface area contributed by atoms with Crippen molar-refractivity contribution < 1.29 is 4.79 Å². The van der Waals surface area contributed by atoms with Crippen molar-refractivity contribution >= 4 is 29.0 Å². The van der Waals surface area contributed by atoms with E-state index in [4.69, 9.17) is 0 Å². The molecule has 1 N–H and O–H groups in total. The lowest BCUT2D eigenvalue weighted by Gasteiger charge is -2.27. The van der Waals surface area contributed by atoms with Crippen LogP contribution in [0.5, 0.6) is 0 Å². The highest BCUT2D eigenvalue weighted by Gasteiger charge is 2.13. The summed E-state index contributed by atoms with van der Waals surface area (Å²) in [7, 11) is 0. The Kier molecular flexibility index (Phi) is 7.78. The number of piperidine rings is 1. The van der Waals surface area contributed by atoms with E-state index in [1.54, 1.807) is 23.1 Å². The Morgan fingerprint density at radius 3 is 2.52 bits per heavy atom. The molecule has 6 heteroatoms. The third-order valence-corrected chi connectivity index (χ3v) is 7.44. The summed E-state index contributed by atoms with van der Waals surface area (Å²) in [6, 6.07) is 16.3. The van der Waals surface area contributed by atoms with Gasteiger partial charge in [-0.2, -0.15) is 0 Å². The molecule has 0 atom stereocenters. The second-order valence-corrected chi connectivity index (χ2v) is 10.1. The number of likely N-dealkylation sites (tertiary alicyclic amines) is 1. The van der Waals surface area contributed by atoms with Gasteiger partial charge in [-0.3, -0.25) is 9.69 Å². The first kappa shape index (κ1) is 22.1. The van der Waals surface area contributed by atoms with Crippen LogP contribution in [0.2, 0.25) is 0 Å². The molecule has 0 bridgehead atoms. The smallest absolute Gasteiger partial charge is 0.251 e. The average molecular weight is 452 g/mol. The molecule has 0 saturated carbocycles. The van der Waals surface area contributed by atoms with E-state index >= 15 is 0 Å². The predicted molar refractivity (Wildman–Crippen MR) is 130 cm³/mol. The number of benzene rings is 2. The largest absolute Gasteiger partial charge is 0.348 e. The van der Waals surface area contributed by atoms with Crippen LogP contribution in [0.3, 0.4) is 0 Å². The maximum atomic E-state index is 12.7. The van der Waals surface area contributed by atoms with Crippen molar-refractivity contribution in [1.82, 2.24) is 15.2 Å². The first-order valence-corrected chi connectivity index (χ1v) is 12.7. The van der Waals surface area contributed by atoms with Gasteiger partial charge in [-0.05, 0) is 68.2 Å². The summed E-state index contributed by atoms with van der Waals surface area (Å²) < 4.78 is 0. The number of carbonyl (C=O) groups excluding carboxylic acids is 1. The van der Waals surface area contributed by atoms with Crippen molar-refractivity contribution in [3.8, 4) is 0 Å². The Hall–Kier alpha value is -2.15. The number of rotatable bonds is 8. The Balaban J connectivity index is 1.30. The van der Waals surface area contributed by atoms with Crippen LogP contribution in [0.25, 0.3) is 0 Å². The average Bonchev–Trinajstić information content (AvgIpc) is 3.23. The van der Waals surface area contributed by atoms with Gasteiger partial charge in [-0.15, -0.1) is 23.1 Å². The van der Waals surface area contributed by atoms with E-state index in [2.05, 4.69) is 44.8 Å². The SMILES string of the molecule is Cc1nc(CSc2ccc(C(=O)NCc3ccccc3CN3CCCCC3)cc2)cs1. The van der Waals surface area contributed by atoms with Gasteiger partial charge in [-0.25, -0.2) is 4.98 Å². The maximum absolute atomic E-state index is 12.7. The van der Waals surface area contributed by atoms with Gasteiger partial charge >= 0.3 is 0 Å². The molecular formula is C25H29N3OS2. The summed E-state index contributed by atoms with van der Waals surface area (Å²) in [6.07, 6.45) is 3.92. The van der Waals surface area contributed by atoms with Gasteiger partial charge in [0.2, 0.25) is 0 Å². The molecule has 1 saturated heterocycles. The molecule has 4 nitrogen and oxygen atoms in total. The highest BCUT2D eigenvalue weighted by atomic mass is 32.2. The molecule has 0 radical (unpaired) electrons. The summed E-state index contributed by atoms with van der Waals surface area (Å²) in [4.78, 5) is 20.8. The minimum Gasteiger partial charge on any atom is -0.348 e. The van der Waals surface area contributed by atoms with Gasteiger partial charge in [0.05, 0.1) is 10.7 Å². The number of hydrogen-bond acceptors (Lipinski definition) is 5. The standard InChI is InChI=1S/C25H29N3OS2/c1-19-27-23(17-30-19)18-31-24-11-9-20(10-12-24)25(29)26-15-21-7-3-4-8-22(21)16-28-13-5-2-6-14-28/h3-4,7-12,17H,2,5-6,13-16,18H2,1H3,(H,26,29). The van der Waals surface area contributed by atoms with E-state index < -0.39 is 0 Å². The molecule has 0 spiro atoms. The van der Waals surface area contributed by atoms with E-state index in [0.717, 1.165) is 27.9 Å². The molecule has 0 unspecified atom stereocenters. The lowest BCUT2D eigenvalue weighted by molar-refractivity contribution is 0.0950. The zero-order valence-corrected chi connectivity index (χ0v) is 19.6. The monoisotopic (exact) mass is 451 g/mol. The van der Waals surface area contributed by atoms with Crippen LogP contribution >= 0.6 is 23.1 Å². The number of aryl methyl sites for hydroxylation is 1. The lowest BCUT2D eigenvalue weighted by Crippen LogP contribution is -2.30. The van der Waals surface area contributed by atoms with Crippen molar-refractivity contribution in [2.45, 2.75) is 49.9 Å². The molecule has 2 heterocycles. The number of carbonyl (C=O) groups is 1. The molecule has 4 rings (SSSR count). The van der Waals surface area contributed by atoms with Gasteiger partial charge < -0.3 is 5.32 Å². The second-order valence-electron chi connectivity index (χ2n) is 7.96. The van der Waals surface area contributed by atoms with Crippen molar-refractivity contribution in [2.75, 3.05) is 13.1 Å². The number of thioether (sulfide) groups is 1. The molecule has 1 amide bonds. The van der Waals surface area contributed by atoms with Crippen LogP contribution < -0.4 is 5.32 Å². The highest BCUT2D eigenvalue weighted by molar-refractivity contribution is 7.98. The fraction of sp³-hybridized carbons (Fsp3) is 0.360. The molecule has 3 aromatic rings. The van der Waals surface area contributed by atoms with Gasteiger partial charge in [0, 0.05) is 34.7 Å². The maximum Gasteiger partial charge on any atom is 0.251 e. The summed E-state index contributed by atoms with van der Waals surface area (Å²) in [6.45, 7) is 5.90. The molecule has 1 aliphatic heterocycles. The van der Waals surface area contributed by atoms with Crippen LogP contribution in [-0.2, 0) is 18.8 Å². The van der Waals surface area contributed by atoms with Gasteiger partial charge in [0.25, 0.3) is 5.91 Å². The number of nitrogens with zero attached hydrogens (tertiary/aromatic N) is 2. The quantitative estimate of drug-likeness (QED) is 0.449. The fourth-order valence-electron chi connectivity index (χ4n) is 3.85. The third-order valence-electron chi connectivity index (χ3n) is 5.57. The van der Waals surface area contributed by atoms with Crippen LogP contribution in [0.1, 0.15) is 51.4 Å². The van der Waals surface area contributed by atoms with Crippen LogP contribution in [0.15, 0.2) is 58.8 Å². The molecule has 1 aliphatic rings. The Labute approximate surface area is 193 Å². The Morgan fingerprint density at radius 1 is 1.06 bits per heavy atom. The highest BCUT2D eigenvalue weighted by Crippen LogP contribution is 2.24. The summed E-state index contributed by atoms with van der Waals surface area (Å²) in [5, 5.41) is 6.30. The molecule has 1 fully saturated rings. The molecular weight excluding hydrogens is 422 g/mol. The van der Waals surface area contributed by atoms with Crippen LogP contribution in [-0.4, -0.2) is 28.9 Å². The van der Waals surface area contributed by atoms with Crippen molar-refractivity contribution in [1.29, 1.82) is 0 Å². The molecule has 31 heavy (non-hydrogen) atoms. The first-order chi connectivity index (χ1) is 15.2. The van der Waals surface area contributed by atoms with E-state index in [0.29, 0.717) is 12.1 Å². The minimum atomic E-state index is -0.0283. The second kappa shape index (κ2) is 10.9. The number of amides is 1. The molecule has 0 aliphatic carbocycles. The number of thiazole rings is 1. The Bertz CT molecular complexity index is 994. The topological polar surface area (TPSA) is 45.2 Å². The minimum absolute atomic E-state index is 0.0283. The summed E-state index contributed by atoms with van der Waals surface area (Å²) in [5.74, 6) is 0.823. The van der Waals surface area contributed by atoms with E-state index in [9.17, 15) is 4.79 Å². The fourth-order valence-corrected chi connectivity index (χ4v) is 5.36. The number of hydrogen-bond donors (Lipinski definition) is 1. The van der Waals surface area contributed by atoms with Gasteiger partial charge in [0.1, 0.15) is 0 Å². The zero-order chi connectivity index (χ0) is 21.5. The number of nitrogens with one attached hydrogen (secondary N) is 1. The Morgan fingerprint density at radius 2 is 1.81 bits per heavy atom. The van der Waals surface area contributed by atoms with Crippen molar-refractivity contribution in [2.24, 2.45) is 0 Å². The van der Waals surface area contributed by atoms with Crippen molar-refractivity contribution in [3.63, 3.8) is 0 Å². The molecule has 1 aromatic heterocycles. The summed E-state index contributed by atoms with van der Waals surface area (Å²) in [5.41, 5.74) is 4.32. The normalized spacial score (nSPS) is 14.5. The van der Waals surface area contributed by atoms with E-state index in [1.165, 1.54) is 43.5 Å². The van der Waals surface area contributed by atoms with Crippen LogP contribution in [0, 0.1) is 6.92 Å². The summed E-state index contributed by atoms with van der Waals surface area (Å²) >= 11 is 3.42. The predicted octanol–water partition coefficient (Wildman–Crippen LogP) is 5.66. The lowest BCUT2D eigenvalue weighted by atomic mass is 10.0. The molecule has 2 aromatic carbocycles. The molecule has 162 valence electrons. The van der Waals surface area contributed by atoms with E-state index in [1.807, 2.05) is 31.2 Å².